The summed E-state index contributed by atoms with van der Waals surface area (Å²) in [6.45, 7) is 2.59. The number of hydrogen-bond acceptors (Lipinski definition) is 3. The molecule has 5 nitrogen and oxygen atoms in total. The molecule has 2 N–H and O–H groups in total. The van der Waals surface area contributed by atoms with Gasteiger partial charge in [0.15, 0.2) is 0 Å². The quantitative estimate of drug-likeness (QED) is 0.645. The number of anilines is 1. The summed E-state index contributed by atoms with van der Waals surface area (Å²) >= 11 is 5.79. The molecule has 0 aromatic heterocycles. The third-order valence-electron chi connectivity index (χ3n) is 2.27. The molecule has 0 aliphatic carbocycles. The molecule has 0 bridgehead atoms. The fourth-order valence-electron chi connectivity index (χ4n) is 1.33. The molecule has 0 unspecified atom stereocenters. The lowest BCUT2D eigenvalue weighted by Crippen LogP contribution is -2.29. The van der Waals surface area contributed by atoms with Gasteiger partial charge >= 0.3 is 6.03 Å². The molecule has 1 rings (SSSR count). The summed E-state index contributed by atoms with van der Waals surface area (Å²) in [5, 5.41) is 5.17. The van der Waals surface area contributed by atoms with E-state index in [1.165, 1.54) is 18.2 Å². The van der Waals surface area contributed by atoms with Gasteiger partial charge in [-0.2, -0.15) is 0 Å². The average Bonchev–Trinajstić information content (AvgIpc) is 2.27. The number of halogens is 2. The molecule has 1 aromatic rings. The van der Waals surface area contributed by atoms with Crippen LogP contribution in [0.3, 0.4) is 0 Å². The van der Waals surface area contributed by atoms with Crippen LogP contribution in [0.4, 0.5) is 10.5 Å². The smallest absolute Gasteiger partial charge is 0.319 e. The fraction of sp³-hybridized carbons (Fsp3) is 0.364. The molecular formula is C11H14Cl2N2O3S. The summed E-state index contributed by atoms with van der Waals surface area (Å²) in [5.41, 5.74) is 0.392. The van der Waals surface area contributed by atoms with Gasteiger partial charge in [-0.05, 0) is 24.6 Å². The van der Waals surface area contributed by atoms with Crippen LogP contribution in [0.5, 0.6) is 0 Å². The van der Waals surface area contributed by atoms with E-state index in [0.717, 1.165) is 12.8 Å². The Morgan fingerprint density at radius 1 is 1.37 bits per heavy atom. The van der Waals surface area contributed by atoms with Gasteiger partial charge in [0, 0.05) is 22.9 Å². The maximum Gasteiger partial charge on any atom is 0.319 e. The molecule has 0 aliphatic rings. The van der Waals surface area contributed by atoms with Crippen LogP contribution in [0.15, 0.2) is 23.1 Å². The first-order valence-corrected chi connectivity index (χ1v) is 8.32. The number of carbonyl (C=O) groups is 1. The van der Waals surface area contributed by atoms with Gasteiger partial charge in [0.1, 0.15) is 4.90 Å². The van der Waals surface area contributed by atoms with E-state index >= 15 is 0 Å². The predicted molar refractivity (Wildman–Crippen MR) is 76.4 cm³/mol. The first kappa shape index (κ1) is 16.1. The van der Waals surface area contributed by atoms with Crippen LogP contribution in [-0.4, -0.2) is 21.0 Å². The number of nitrogens with one attached hydrogen (secondary N) is 2. The maximum absolute atomic E-state index is 11.5. The third kappa shape index (κ3) is 5.26. The van der Waals surface area contributed by atoms with Crippen LogP contribution in [-0.2, 0) is 9.05 Å². The second-order valence-corrected chi connectivity index (χ2v) is 6.76. The Balaban J connectivity index is 2.72. The zero-order valence-electron chi connectivity index (χ0n) is 10.2. The Morgan fingerprint density at radius 3 is 2.58 bits per heavy atom. The molecule has 2 amide bonds. The van der Waals surface area contributed by atoms with E-state index in [-0.39, 0.29) is 15.9 Å². The summed E-state index contributed by atoms with van der Waals surface area (Å²) in [4.78, 5) is 11.3. The van der Waals surface area contributed by atoms with Crippen LogP contribution in [0, 0.1) is 0 Å². The van der Waals surface area contributed by atoms with Gasteiger partial charge in [-0.3, -0.25) is 0 Å². The van der Waals surface area contributed by atoms with Crippen molar-refractivity contribution < 1.29 is 13.2 Å². The minimum absolute atomic E-state index is 0.0404. The number of amides is 2. The van der Waals surface area contributed by atoms with Crippen molar-refractivity contribution in [3.05, 3.63) is 23.2 Å². The van der Waals surface area contributed by atoms with Gasteiger partial charge in [0.05, 0.1) is 5.02 Å². The van der Waals surface area contributed by atoms with Gasteiger partial charge in [-0.1, -0.05) is 24.9 Å². The monoisotopic (exact) mass is 324 g/mol. The Bertz CT molecular complexity index is 561. The van der Waals surface area contributed by atoms with Crippen LogP contribution >= 0.6 is 22.3 Å². The van der Waals surface area contributed by atoms with Crippen molar-refractivity contribution >= 4 is 43.1 Å². The van der Waals surface area contributed by atoms with Crippen LogP contribution in [0.1, 0.15) is 19.8 Å². The number of rotatable bonds is 5. The highest BCUT2D eigenvalue weighted by atomic mass is 35.7. The lowest BCUT2D eigenvalue weighted by Gasteiger charge is -2.08. The lowest BCUT2D eigenvalue weighted by molar-refractivity contribution is 0.252. The van der Waals surface area contributed by atoms with Gasteiger partial charge in [-0.15, -0.1) is 0 Å². The maximum atomic E-state index is 11.5. The topological polar surface area (TPSA) is 75.3 Å². The van der Waals surface area contributed by atoms with Gasteiger partial charge < -0.3 is 10.6 Å². The van der Waals surface area contributed by atoms with Crippen molar-refractivity contribution in [2.45, 2.75) is 24.7 Å². The molecule has 8 heteroatoms. The van der Waals surface area contributed by atoms with Crippen molar-refractivity contribution in [2.24, 2.45) is 0 Å². The van der Waals surface area contributed by atoms with E-state index < -0.39 is 9.05 Å². The highest BCUT2D eigenvalue weighted by Gasteiger charge is 2.15. The number of urea groups is 1. The zero-order valence-corrected chi connectivity index (χ0v) is 12.6. The molecule has 0 heterocycles. The summed E-state index contributed by atoms with van der Waals surface area (Å²) in [7, 11) is 1.31. The fourth-order valence-corrected chi connectivity index (χ4v) is 2.86. The summed E-state index contributed by atoms with van der Waals surface area (Å²) < 4.78 is 22.3. The van der Waals surface area contributed by atoms with Crippen LogP contribution in [0.2, 0.25) is 5.02 Å². The summed E-state index contributed by atoms with van der Waals surface area (Å²) in [6.07, 6.45) is 1.87. The minimum Gasteiger partial charge on any atom is -0.338 e. The van der Waals surface area contributed by atoms with Gasteiger partial charge in [0.2, 0.25) is 0 Å². The Kier molecular flexibility index (Phi) is 5.90. The number of hydrogen-bond donors (Lipinski definition) is 2. The van der Waals surface area contributed by atoms with Gasteiger partial charge in [0.25, 0.3) is 9.05 Å². The summed E-state index contributed by atoms with van der Waals surface area (Å²) in [6, 6.07) is 3.62. The minimum atomic E-state index is -3.88. The molecule has 0 aliphatic heterocycles. The summed E-state index contributed by atoms with van der Waals surface area (Å²) in [5.74, 6) is 0. The lowest BCUT2D eigenvalue weighted by atomic mass is 10.3. The average molecular weight is 325 g/mol. The molecule has 19 heavy (non-hydrogen) atoms. The molecule has 1 aromatic carbocycles. The van der Waals surface area contributed by atoms with E-state index in [4.69, 9.17) is 22.3 Å². The highest BCUT2D eigenvalue weighted by molar-refractivity contribution is 8.13. The predicted octanol–water partition coefficient (Wildman–Crippen LogP) is 3.19. The molecule has 0 atom stereocenters. The Morgan fingerprint density at radius 2 is 2.05 bits per heavy atom. The van der Waals surface area contributed by atoms with Crippen LogP contribution in [0.25, 0.3) is 0 Å². The van der Waals surface area contributed by atoms with E-state index in [1.54, 1.807) is 0 Å². The van der Waals surface area contributed by atoms with Crippen molar-refractivity contribution in [3.8, 4) is 0 Å². The van der Waals surface area contributed by atoms with E-state index in [0.29, 0.717) is 12.2 Å². The molecule has 0 fully saturated rings. The molecular weight excluding hydrogens is 311 g/mol. The molecule has 0 radical (unpaired) electrons. The second-order valence-electron chi connectivity index (χ2n) is 3.82. The van der Waals surface area contributed by atoms with E-state index in [2.05, 4.69) is 10.6 Å². The highest BCUT2D eigenvalue weighted by Crippen LogP contribution is 2.27. The van der Waals surface area contributed by atoms with Crippen molar-refractivity contribution in [3.63, 3.8) is 0 Å². The zero-order chi connectivity index (χ0) is 14.5. The first-order chi connectivity index (χ1) is 8.84. The molecule has 0 saturated heterocycles. The molecule has 0 spiro atoms. The normalized spacial score (nSPS) is 11.1. The Labute approximate surface area is 121 Å². The molecule has 0 saturated carbocycles. The first-order valence-electron chi connectivity index (χ1n) is 5.63. The van der Waals surface area contributed by atoms with E-state index in [9.17, 15) is 13.2 Å². The van der Waals surface area contributed by atoms with E-state index in [1.807, 2.05) is 6.92 Å². The number of benzene rings is 1. The second kappa shape index (κ2) is 6.98. The molecule has 106 valence electrons. The van der Waals surface area contributed by atoms with Crippen molar-refractivity contribution in [2.75, 3.05) is 11.9 Å². The van der Waals surface area contributed by atoms with Crippen molar-refractivity contribution in [1.29, 1.82) is 0 Å². The SMILES string of the molecule is CCCCNC(=O)Nc1ccc(S(=O)(=O)Cl)c(Cl)c1. The van der Waals surface area contributed by atoms with Crippen LogP contribution < -0.4 is 10.6 Å². The third-order valence-corrected chi connectivity index (χ3v) is 4.07. The van der Waals surface area contributed by atoms with Crippen molar-refractivity contribution in [1.82, 2.24) is 5.32 Å². The Hall–Kier alpha value is -0.980. The number of carbonyl (C=O) groups excluding carboxylic acids is 1. The number of unbranched alkanes of at least 4 members (excludes halogenated alkanes) is 1. The standard InChI is InChI=1S/C11H14Cl2N2O3S/c1-2-3-6-14-11(16)15-8-4-5-10(9(12)7-8)19(13,17)18/h4-5,7H,2-3,6H2,1H3,(H2,14,15,16). The van der Waals surface area contributed by atoms with Gasteiger partial charge in [-0.25, -0.2) is 13.2 Å². The largest absolute Gasteiger partial charge is 0.338 e.